The van der Waals surface area contributed by atoms with Crippen LogP contribution in [-0.2, 0) is 13.8 Å². The Kier molecular flexibility index (Phi) is 3.82. The zero-order valence-electron chi connectivity index (χ0n) is 10.2. The lowest BCUT2D eigenvalue weighted by atomic mass is 9.96. The first-order chi connectivity index (χ1) is 8.79. The van der Waals surface area contributed by atoms with E-state index >= 15 is 0 Å². The van der Waals surface area contributed by atoms with Crippen LogP contribution >= 0.6 is 10.7 Å². The number of carbonyl (C=O) groups is 1. The Bertz CT molecular complexity index is 623. The molecule has 1 aromatic carbocycles. The molecule has 7 heteroatoms. The molecule has 1 aliphatic carbocycles. The summed E-state index contributed by atoms with van der Waals surface area (Å²) in [6, 6.07) is 1.89. The van der Waals surface area contributed by atoms with E-state index < -0.39 is 26.4 Å². The van der Waals surface area contributed by atoms with Gasteiger partial charge in [0.25, 0.3) is 9.05 Å². The van der Waals surface area contributed by atoms with Crippen LogP contribution in [0.1, 0.15) is 35.2 Å². The third-order valence-corrected chi connectivity index (χ3v) is 4.54. The van der Waals surface area contributed by atoms with E-state index in [1.807, 2.05) is 0 Å². The largest absolute Gasteiger partial charge is 0.459 e. The van der Waals surface area contributed by atoms with Crippen molar-refractivity contribution >= 4 is 25.7 Å². The third-order valence-electron chi connectivity index (χ3n) is 3.07. The van der Waals surface area contributed by atoms with Crippen molar-refractivity contribution in [3.63, 3.8) is 0 Å². The maximum absolute atomic E-state index is 13.7. The fourth-order valence-corrected chi connectivity index (χ4v) is 2.98. The Hall–Kier alpha value is -1.14. The lowest BCUT2D eigenvalue weighted by Gasteiger charge is -2.25. The fraction of sp³-hybridized carbons (Fsp3) is 0.417. The van der Waals surface area contributed by atoms with Gasteiger partial charge in [-0.1, -0.05) is 0 Å². The molecule has 4 nitrogen and oxygen atoms in total. The molecule has 0 radical (unpaired) electrons. The van der Waals surface area contributed by atoms with Gasteiger partial charge in [0, 0.05) is 10.7 Å². The highest BCUT2D eigenvalue weighted by atomic mass is 35.7. The molecular weight excluding hydrogens is 295 g/mol. The minimum absolute atomic E-state index is 0.146. The van der Waals surface area contributed by atoms with E-state index in [1.54, 1.807) is 0 Å². The van der Waals surface area contributed by atoms with Crippen molar-refractivity contribution in [1.82, 2.24) is 0 Å². The summed E-state index contributed by atoms with van der Waals surface area (Å²) in [4.78, 5) is 11.5. The summed E-state index contributed by atoms with van der Waals surface area (Å²) in [5.74, 6) is -1.67. The molecule has 2 rings (SSSR count). The maximum Gasteiger partial charge on any atom is 0.341 e. The Morgan fingerprint density at radius 3 is 2.53 bits per heavy atom. The highest BCUT2D eigenvalue weighted by Crippen LogP contribution is 2.26. The molecule has 0 bridgehead atoms. The molecule has 0 spiro atoms. The summed E-state index contributed by atoms with van der Waals surface area (Å²) in [5.41, 5.74) is -0.260. The predicted octanol–water partition coefficient (Wildman–Crippen LogP) is 2.77. The first-order valence-electron chi connectivity index (χ1n) is 5.75. The number of hydrogen-bond donors (Lipinski definition) is 0. The molecule has 1 aromatic rings. The summed E-state index contributed by atoms with van der Waals surface area (Å²) in [7, 11) is 1.21. The number of hydrogen-bond acceptors (Lipinski definition) is 4. The molecule has 0 amide bonds. The number of rotatable bonds is 3. The lowest BCUT2D eigenvalue weighted by molar-refractivity contribution is 0.00851. The monoisotopic (exact) mass is 306 g/mol. The van der Waals surface area contributed by atoms with Gasteiger partial charge in [-0.05, 0) is 43.9 Å². The molecule has 1 saturated carbocycles. The first kappa shape index (κ1) is 14.3. The molecule has 0 N–H and O–H groups in total. The number of halogens is 2. The van der Waals surface area contributed by atoms with E-state index in [0.29, 0.717) is 0 Å². The van der Waals surface area contributed by atoms with E-state index in [9.17, 15) is 17.6 Å². The third kappa shape index (κ3) is 3.06. The molecular formula is C12H12ClFO4S. The normalized spacial score (nSPS) is 15.9. The summed E-state index contributed by atoms with van der Waals surface area (Å²) in [5, 5.41) is 0. The second-order valence-electron chi connectivity index (χ2n) is 4.49. The van der Waals surface area contributed by atoms with Crippen molar-refractivity contribution in [1.29, 1.82) is 0 Å². The van der Waals surface area contributed by atoms with Crippen LogP contribution in [0.15, 0.2) is 17.0 Å². The van der Waals surface area contributed by atoms with Crippen molar-refractivity contribution in [2.75, 3.05) is 0 Å². The smallest absolute Gasteiger partial charge is 0.341 e. The fourth-order valence-electron chi connectivity index (χ4n) is 1.78. The van der Waals surface area contributed by atoms with Crippen LogP contribution < -0.4 is 0 Å². The number of esters is 1. The predicted molar refractivity (Wildman–Crippen MR) is 67.2 cm³/mol. The minimum atomic E-state index is -4.03. The SMILES string of the molecule is Cc1cc(F)c(C(=O)OC2CCC2)cc1S(=O)(=O)Cl. The first-order valence-corrected chi connectivity index (χ1v) is 8.06. The van der Waals surface area contributed by atoms with Crippen molar-refractivity contribution in [3.8, 4) is 0 Å². The number of aryl methyl sites for hydroxylation is 1. The highest BCUT2D eigenvalue weighted by Gasteiger charge is 2.26. The highest BCUT2D eigenvalue weighted by molar-refractivity contribution is 8.13. The summed E-state index contributed by atoms with van der Waals surface area (Å²) >= 11 is 0. The van der Waals surface area contributed by atoms with Gasteiger partial charge in [0.2, 0.25) is 0 Å². The van der Waals surface area contributed by atoms with Crippen molar-refractivity contribution in [2.24, 2.45) is 0 Å². The van der Waals surface area contributed by atoms with Crippen LogP contribution in [-0.4, -0.2) is 20.5 Å². The minimum Gasteiger partial charge on any atom is -0.459 e. The summed E-state index contributed by atoms with van der Waals surface area (Å²) < 4.78 is 41.4. The van der Waals surface area contributed by atoms with Crippen LogP contribution in [0.5, 0.6) is 0 Å². The maximum atomic E-state index is 13.7. The Morgan fingerprint density at radius 1 is 1.42 bits per heavy atom. The van der Waals surface area contributed by atoms with Crippen molar-refractivity contribution < 1.29 is 22.3 Å². The van der Waals surface area contributed by atoms with Crippen LogP contribution in [0.3, 0.4) is 0 Å². The van der Waals surface area contributed by atoms with Gasteiger partial charge in [-0.15, -0.1) is 0 Å². The second kappa shape index (κ2) is 5.09. The van der Waals surface area contributed by atoms with E-state index in [4.69, 9.17) is 15.4 Å². The molecule has 0 heterocycles. The standard InChI is InChI=1S/C12H12ClFO4S/c1-7-5-10(14)9(6-11(7)19(13,16)17)12(15)18-8-3-2-4-8/h5-6,8H,2-4H2,1H3. The van der Waals surface area contributed by atoms with E-state index in [2.05, 4.69) is 0 Å². The molecule has 0 aromatic heterocycles. The van der Waals surface area contributed by atoms with Crippen LogP contribution in [0.2, 0.25) is 0 Å². The number of carbonyl (C=O) groups excluding carboxylic acids is 1. The van der Waals surface area contributed by atoms with Gasteiger partial charge in [-0.3, -0.25) is 0 Å². The Labute approximate surface area is 114 Å². The van der Waals surface area contributed by atoms with Gasteiger partial charge in [0.1, 0.15) is 11.9 Å². The summed E-state index contributed by atoms with van der Waals surface area (Å²) in [6.07, 6.45) is 2.26. The number of ether oxygens (including phenoxy) is 1. The van der Waals surface area contributed by atoms with E-state index in [1.165, 1.54) is 6.92 Å². The molecule has 19 heavy (non-hydrogen) atoms. The van der Waals surface area contributed by atoms with Gasteiger partial charge in [-0.2, -0.15) is 0 Å². The van der Waals surface area contributed by atoms with Gasteiger partial charge < -0.3 is 4.74 Å². The van der Waals surface area contributed by atoms with Crippen LogP contribution in [0.25, 0.3) is 0 Å². The molecule has 1 aliphatic rings. The molecule has 0 unspecified atom stereocenters. The topological polar surface area (TPSA) is 60.4 Å². The second-order valence-corrected chi connectivity index (χ2v) is 7.03. The molecule has 0 aliphatic heterocycles. The zero-order valence-corrected chi connectivity index (χ0v) is 11.7. The van der Waals surface area contributed by atoms with Gasteiger partial charge in [0.15, 0.2) is 0 Å². The van der Waals surface area contributed by atoms with E-state index in [-0.39, 0.29) is 16.6 Å². The van der Waals surface area contributed by atoms with Crippen LogP contribution in [0.4, 0.5) is 4.39 Å². The summed E-state index contributed by atoms with van der Waals surface area (Å²) in [6.45, 7) is 1.40. The average Bonchev–Trinajstić information content (AvgIpc) is 2.21. The van der Waals surface area contributed by atoms with Crippen molar-refractivity contribution in [3.05, 3.63) is 29.1 Å². The number of benzene rings is 1. The average molecular weight is 307 g/mol. The lowest BCUT2D eigenvalue weighted by Crippen LogP contribution is -2.25. The molecule has 0 atom stereocenters. The van der Waals surface area contributed by atoms with E-state index in [0.717, 1.165) is 31.4 Å². The molecule has 1 fully saturated rings. The quantitative estimate of drug-likeness (QED) is 0.636. The van der Waals surface area contributed by atoms with Crippen molar-refractivity contribution in [2.45, 2.75) is 37.2 Å². The van der Waals surface area contributed by atoms with Gasteiger partial charge in [-0.25, -0.2) is 17.6 Å². The Morgan fingerprint density at radius 2 is 2.05 bits per heavy atom. The van der Waals surface area contributed by atoms with Crippen LogP contribution in [0, 0.1) is 12.7 Å². The van der Waals surface area contributed by atoms with Gasteiger partial charge in [0.05, 0.1) is 10.5 Å². The van der Waals surface area contributed by atoms with Gasteiger partial charge >= 0.3 is 5.97 Å². The molecule has 0 saturated heterocycles. The Balaban J connectivity index is 2.36. The molecule has 104 valence electrons. The zero-order chi connectivity index (χ0) is 14.2.